The number of rotatable bonds is 4. The van der Waals surface area contributed by atoms with Gasteiger partial charge in [-0.15, -0.1) is 0 Å². The molecule has 0 spiro atoms. The highest BCUT2D eigenvalue weighted by molar-refractivity contribution is 7.86. The fourth-order valence-electron chi connectivity index (χ4n) is 4.20. The van der Waals surface area contributed by atoms with Crippen LogP contribution >= 0.6 is 0 Å². The lowest BCUT2D eigenvalue weighted by Crippen LogP contribution is -2.30. The van der Waals surface area contributed by atoms with E-state index in [1.54, 1.807) is 0 Å². The van der Waals surface area contributed by atoms with Crippen molar-refractivity contribution in [2.45, 2.75) is 51.7 Å². The zero-order valence-electron chi connectivity index (χ0n) is 11.0. The Labute approximate surface area is 105 Å². The molecule has 17 heavy (non-hydrogen) atoms. The smallest absolute Gasteiger partial charge is 0.267 e. The summed E-state index contributed by atoms with van der Waals surface area (Å²) in [6.07, 6.45) is 3.63. The highest BCUT2D eigenvalue weighted by Gasteiger charge is 2.49. The molecule has 0 amide bonds. The van der Waals surface area contributed by atoms with Crippen LogP contribution in [0.1, 0.15) is 46.5 Å². The topological polar surface area (TPSA) is 54.4 Å². The van der Waals surface area contributed by atoms with Crippen LogP contribution in [-0.2, 0) is 10.1 Å². The van der Waals surface area contributed by atoms with Crippen LogP contribution in [0.5, 0.6) is 0 Å². The first-order valence-electron chi connectivity index (χ1n) is 6.80. The SMILES string of the molecule is CCC(CC1CC2CC1C(C)C2C)S(=O)(=O)O. The van der Waals surface area contributed by atoms with Gasteiger partial charge in [0.25, 0.3) is 10.1 Å². The Bertz CT molecular complexity index is 374. The minimum atomic E-state index is -3.85. The summed E-state index contributed by atoms with van der Waals surface area (Å²) in [6.45, 7) is 6.47. The second-order valence-electron chi connectivity index (χ2n) is 6.15. The van der Waals surface area contributed by atoms with Crippen molar-refractivity contribution in [2.24, 2.45) is 29.6 Å². The van der Waals surface area contributed by atoms with Crippen LogP contribution in [0.25, 0.3) is 0 Å². The average Bonchev–Trinajstić information content (AvgIpc) is 2.75. The largest absolute Gasteiger partial charge is 0.285 e. The van der Waals surface area contributed by atoms with Gasteiger partial charge in [0.1, 0.15) is 0 Å². The van der Waals surface area contributed by atoms with Gasteiger partial charge in [-0.1, -0.05) is 20.8 Å². The minimum Gasteiger partial charge on any atom is -0.285 e. The Balaban J connectivity index is 2.03. The summed E-state index contributed by atoms with van der Waals surface area (Å²) < 4.78 is 31.7. The van der Waals surface area contributed by atoms with Crippen LogP contribution in [0, 0.1) is 29.6 Å². The molecule has 4 heteroatoms. The third-order valence-electron chi connectivity index (χ3n) is 5.48. The molecule has 0 aromatic heterocycles. The molecule has 0 heterocycles. The van der Waals surface area contributed by atoms with Crippen molar-refractivity contribution < 1.29 is 13.0 Å². The molecule has 3 nitrogen and oxygen atoms in total. The van der Waals surface area contributed by atoms with E-state index in [1.807, 2.05) is 6.92 Å². The Morgan fingerprint density at radius 2 is 1.88 bits per heavy atom. The second-order valence-corrected chi connectivity index (χ2v) is 7.85. The first-order chi connectivity index (χ1) is 7.84. The summed E-state index contributed by atoms with van der Waals surface area (Å²) in [6, 6.07) is 0. The number of hydrogen-bond donors (Lipinski definition) is 1. The van der Waals surface area contributed by atoms with Gasteiger partial charge >= 0.3 is 0 Å². The standard InChI is InChI=1S/C13H24O3S/c1-4-12(17(14,15)16)6-11-5-10-7-13(11)9(3)8(10)2/h8-13H,4-7H2,1-3H3,(H,14,15,16). The summed E-state index contributed by atoms with van der Waals surface area (Å²) in [5, 5.41) is -0.547. The molecule has 0 aliphatic heterocycles. The summed E-state index contributed by atoms with van der Waals surface area (Å²) in [7, 11) is -3.85. The average molecular weight is 260 g/mol. The number of hydrogen-bond acceptors (Lipinski definition) is 2. The van der Waals surface area contributed by atoms with Gasteiger partial charge in [0.05, 0.1) is 5.25 Å². The molecule has 0 saturated heterocycles. The van der Waals surface area contributed by atoms with Crippen LogP contribution in [0.3, 0.4) is 0 Å². The van der Waals surface area contributed by atoms with E-state index in [0.29, 0.717) is 24.7 Å². The van der Waals surface area contributed by atoms with Crippen LogP contribution in [0.2, 0.25) is 0 Å². The van der Waals surface area contributed by atoms with E-state index in [2.05, 4.69) is 13.8 Å². The van der Waals surface area contributed by atoms with E-state index in [-0.39, 0.29) is 0 Å². The van der Waals surface area contributed by atoms with E-state index in [1.165, 1.54) is 12.8 Å². The molecule has 1 N–H and O–H groups in total. The lowest BCUT2D eigenvalue weighted by atomic mass is 9.74. The van der Waals surface area contributed by atoms with Crippen molar-refractivity contribution in [1.29, 1.82) is 0 Å². The van der Waals surface area contributed by atoms with E-state index in [4.69, 9.17) is 0 Å². The lowest BCUT2D eigenvalue weighted by Gasteiger charge is -2.33. The molecular formula is C13H24O3S. The first-order valence-corrected chi connectivity index (χ1v) is 8.31. The Morgan fingerprint density at radius 3 is 2.29 bits per heavy atom. The molecule has 2 saturated carbocycles. The fourth-order valence-corrected chi connectivity index (χ4v) is 5.11. The van der Waals surface area contributed by atoms with Gasteiger partial charge in [0, 0.05) is 0 Å². The molecule has 0 aromatic rings. The molecule has 0 aromatic carbocycles. The summed E-state index contributed by atoms with van der Waals surface area (Å²) in [4.78, 5) is 0. The molecule has 100 valence electrons. The quantitative estimate of drug-likeness (QED) is 0.791. The van der Waals surface area contributed by atoms with Crippen LogP contribution in [-0.4, -0.2) is 18.2 Å². The second kappa shape index (κ2) is 4.54. The van der Waals surface area contributed by atoms with Crippen molar-refractivity contribution in [1.82, 2.24) is 0 Å². The normalized spacial score (nSPS) is 42.9. The molecule has 2 aliphatic rings. The summed E-state index contributed by atoms with van der Waals surface area (Å²) >= 11 is 0. The van der Waals surface area contributed by atoms with E-state index in [9.17, 15) is 13.0 Å². The predicted molar refractivity (Wildman–Crippen MR) is 68.3 cm³/mol. The van der Waals surface area contributed by atoms with Crippen LogP contribution < -0.4 is 0 Å². The van der Waals surface area contributed by atoms with Gasteiger partial charge in [0.2, 0.25) is 0 Å². The van der Waals surface area contributed by atoms with Crippen molar-refractivity contribution >= 4 is 10.1 Å². The Kier molecular flexibility index (Phi) is 3.56. The Morgan fingerprint density at radius 1 is 1.24 bits per heavy atom. The van der Waals surface area contributed by atoms with Crippen molar-refractivity contribution in [2.75, 3.05) is 0 Å². The maximum absolute atomic E-state index is 11.3. The third kappa shape index (κ3) is 2.39. The zero-order chi connectivity index (χ0) is 12.8. The van der Waals surface area contributed by atoms with Crippen LogP contribution in [0.4, 0.5) is 0 Å². The molecule has 2 fully saturated rings. The highest BCUT2D eigenvalue weighted by atomic mass is 32.2. The van der Waals surface area contributed by atoms with Crippen molar-refractivity contribution in [3.63, 3.8) is 0 Å². The molecule has 6 unspecified atom stereocenters. The monoisotopic (exact) mass is 260 g/mol. The van der Waals surface area contributed by atoms with Crippen LogP contribution in [0.15, 0.2) is 0 Å². The molecule has 2 bridgehead atoms. The zero-order valence-corrected chi connectivity index (χ0v) is 11.8. The fraction of sp³-hybridized carbons (Fsp3) is 1.00. The number of fused-ring (bicyclic) bond motifs is 2. The van der Waals surface area contributed by atoms with Gasteiger partial charge in [0.15, 0.2) is 0 Å². The van der Waals surface area contributed by atoms with Gasteiger partial charge in [-0.3, -0.25) is 4.55 Å². The third-order valence-corrected chi connectivity index (χ3v) is 6.84. The van der Waals surface area contributed by atoms with E-state index < -0.39 is 15.4 Å². The van der Waals surface area contributed by atoms with Crippen molar-refractivity contribution in [3.05, 3.63) is 0 Å². The maximum Gasteiger partial charge on any atom is 0.267 e. The summed E-state index contributed by atoms with van der Waals surface area (Å²) in [5.41, 5.74) is 0. The maximum atomic E-state index is 11.3. The molecule has 0 radical (unpaired) electrons. The highest BCUT2D eigenvalue weighted by Crippen LogP contribution is 2.56. The molecule has 6 atom stereocenters. The predicted octanol–water partition coefficient (Wildman–Crippen LogP) is 2.97. The summed E-state index contributed by atoms with van der Waals surface area (Å²) in [5.74, 6) is 3.50. The van der Waals surface area contributed by atoms with E-state index >= 15 is 0 Å². The first kappa shape index (κ1) is 13.3. The lowest BCUT2D eigenvalue weighted by molar-refractivity contribution is 0.179. The minimum absolute atomic E-state index is 0.512. The van der Waals surface area contributed by atoms with Gasteiger partial charge in [-0.05, 0) is 55.3 Å². The Hall–Kier alpha value is -0.0900. The van der Waals surface area contributed by atoms with Gasteiger partial charge in [-0.25, -0.2) is 0 Å². The molecule has 2 rings (SSSR count). The van der Waals surface area contributed by atoms with E-state index in [0.717, 1.165) is 17.8 Å². The van der Waals surface area contributed by atoms with Gasteiger partial charge < -0.3 is 0 Å². The molecule has 2 aliphatic carbocycles. The van der Waals surface area contributed by atoms with Crippen molar-refractivity contribution in [3.8, 4) is 0 Å². The van der Waals surface area contributed by atoms with Gasteiger partial charge in [-0.2, -0.15) is 8.42 Å². The molecular weight excluding hydrogens is 236 g/mol.